The first kappa shape index (κ1) is 13.1. The second-order valence-corrected chi connectivity index (χ2v) is 5.29. The van der Waals surface area contributed by atoms with Crippen molar-refractivity contribution in [1.82, 2.24) is 14.8 Å². The minimum Gasteiger partial charge on any atom is -0.469 e. The zero-order valence-electron chi connectivity index (χ0n) is 11.0. The maximum absolute atomic E-state index is 11.4. The monoisotopic (exact) mass is 291 g/mol. The van der Waals surface area contributed by atoms with E-state index in [4.69, 9.17) is 16.3 Å². The second-order valence-electron chi connectivity index (χ2n) is 4.90. The molecule has 2 aromatic rings. The highest BCUT2D eigenvalue weighted by Crippen LogP contribution is 2.38. The Hall–Kier alpha value is -1.88. The van der Waals surface area contributed by atoms with Crippen LogP contribution in [0.4, 0.5) is 0 Å². The van der Waals surface area contributed by atoms with Gasteiger partial charge >= 0.3 is 5.97 Å². The Morgan fingerprint density at radius 2 is 2.25 bits per heavy atom. The molecule has 0 aromatic carbocycles. The zero-order valence-corrected chi connectivity index (χ0v) is 11.7. The molecule has 0 unspecified atom stereocenters. The van der Waals surface area contributed by atoms with Crippen LogP contribution in [0.3, 0.4) is 0 Å². The van der Waals surface area contributed by atoms with Gasteiger partial charge in [0, 0.05) is 11.8 Å². The summed E-state index contributed by atoms with van der Waals surface area (Å²) in [5.41, 5.74) is 1.72. The summed E-state index contributed by atoms with van der Waals surface area (Å²) in [6.07, 6.45) is 5.26. The maximum Gasteiger partial charge on any atom is 0.308 e. The van der Waals surface area contributed by atoms with Gasteiger partial charge in [-0.3, -0.25) is 9.48 Å². The number of aromatic nitrogens is 3. The number of carbonyl (C=O) groups is 1. The first-order valence-electron chi connectivity index (χ1n) is 6.42. The maximum atomic E-state index is 11.4. The summed E-state index contributed by atoms with van der Waals surface area (Å²) in [5.74, 6) is -0.132. The van der Waals surface area contributed by atoms with E-state index in [2.05, 4.69) is 10.1 Å². The van der Waals surface area contributed by atoms with Crippen LogP contribution in [0.25, 0.3) is 11.3 Å². The van der Waals surface area contributed by atoms with Gasteiger partial charge in [0.15, 0.2) is 0 Å². The topological polar surface area (TPSA) is 57.0 Å². The van der Waals surface area contributed by atoms with Crippen molar-refractivity contribution in [3.8, 4) is 11.3 Å². The van der Waals surface area contributed by atoms with E-state index in [9.17, 15) is 4.79 Å². The summed E-state index contributed by atoms with van der Waals surface area (Å²) in [7, 11) is 1.42. The predicted molar refractivity (Wildman–Crippen MR) is 74.2 cm³/mol. The van der Waals surface area contributed by atoms with Gasteiger partial charge in [0.1, 0.15) is 5.15 Å². The van der Waals surface area contributed by atoms with Crippen molar-refractivity contribution in [2.75, 3.05) is 7.11 Å². The minimum absolute atomic E-state index is 0.00180. The number of ether oxygens (including phenoxy) is 1. The fraction of sp³-hybridized carbons (Fsp3) is 0.357. The highest BCUT2D eigenvalue weighted by Gasteiger charge is 2.36. The Morgan fingerprint density at radius 3 is 2.95 bits per heavy atom. The summed E-state index contributed by atoms with van der Waals surface area (Å²) >= 11 is 5.88. The Bertz CT molecular complexity index is 635. The number of hydrogen-bond donors (Lipinski definition) is 0. The molecule has 2 heterocycles. The third-order valence-electron chi connectivity index (χ3n) is 3.63. The van der Waals surface area contributed by atoms with E-state index in [1.165, 1.54) is 7.11 Å². The van der Waals surface area contributed by atoms with E-state index in [-0.39, 0.29) is 17.9 Å². The van der Waals surface area contributed by atoms with Crippen LogP contribution in [-0.4, -0.2) is 27.8 Å². The molecule has 0 atom stereocenters. The molecule has 0 bridgehead atoms. The minimum atomic E-state index is -0.134. The average Bonchev–Trinajstić information content (AvgIpc) is 2.86. The molecule has 0 saturated heterocycles. The summed E-state index contributed by atoms with van der Waals surface area (Å²) < 4.78 is 6.62. The molecule has 6 heteroatoms. The quantitative estimate of drug-likeness (QED) is 0.644. The molecule has 0 N–H and O–H groups in total. The summed E-state index contributed by atoms with van der Waals surface area (Å²) in [6.45, 7) is 0. The molecule has 0 spiro atoms. The second kappa shape index (κ2) is 5.25. The van der Waals surface area contributed by atoms with Gasteiger partial charge < -0.3 is 4.74 Å². The van der Waals surface area contributed by atoms with Crippen LogP contribution in [0.15, 0.2) is 30.6 Å². The van der Waals surface area contributed by atoms with Gasteiger partial charge in [-0.1, -0.05) is 17.7 Å². The molecular formula is C14H14ClN3O2. The number of hydrogen-bond acceptors (Lipinski definition) is 4. The van der Waals surface area contributed by atoms with Gasteiger partial charge in [-0.25, -0.2) is 4.98 Å². The van der Waals surface area contributed by atoms with Crippen LogP contribution in [0, 0.1) is 5.92 Å². The van der Waals surface area contributed by atoms with E-state index in [1.807, 2.05) is 23.0 Å². The van der Waals surface area contributed by atoms with E-state index < -0.39 is 0 Å². The Labute approximate surface area is 121 Å². The lowest BCUT2D eigenvalue weighted by atomic mass is 9.80. The van der Waals surface area contributed by atoms with Crippen LogP contribution in [0.5, 0.6) is 0 Å². The zero-order chi connectivity index (χ0) is 14.1. The molecule has 1 aliphatic carbocycles. The van der Waals surface area contributed by atoms with Crippen LogP contribution < -0.4 is 0 Å². The predicted octanol–water partition coefficient (Wildman–Crippen LogP) is 2.72. The third kappa shape index (κ3) is 2.41. The Kier molecular flexibility index (Phi) is 3.44. The molecular weight excluding hydrogens is 278 g/mol. The van der Waals surface area contributed by atoms with Crippen molar-refractivity contribution < 1.29 is 9.53 Å². The largest absolute Gasteiger partial charge is 0.469 e. The highest BCUT2D eigenvalue weighted by atomic mass is 35.5. The first-order chi connectivity index (χ1) is 9.67. The molecule has 104 valence electrons. The first-order valence-corrected chi connectivity index (χ1v) is 6.80. The van der Waals surface area contributed by atoms with Crippen molar-refractivity contribution in [2.24, 2.45) is 5.92 Å². The number of carbonyl (C=O) groups excluding carboxylic acids is 1. The third-order valence-corrected chi connectivity index (χ3v) is 3.84. The molecule has 1 saturated carbocycles. The van der Waals surface area contributed by atoms with Crippen LogP contribution >= 0.6 is 11.6 Å². The SMILES string of the molecule is COC(=O)C1CC(n2cc(-c3cccc(Cl)n3)cn2)C1. The molecule has 3 rings (SSSR count). The van der Waals surface area contributed by atoms with Crippen molar-refractivity contribution in [2.45, 2.75) is 18.9 Å². The lowest BCUT2D eigenvalue weighted by Gasteiger charge is -2.33. The van der Waals surface area contributed by atoms with Gasteiger partial charge in [0.25, 0.3) is 0 Å². The van der Waals surface area contributed by atoms with Gasteiger partial charge in [-0.15, -0.1) is 0 Å². The van der Waals surface area contributed by atoms with Crippen LogP contribution in [-0.2, 0) is 9.53 Å². The Balaban J connectivity index is 1.71. The molecule has 0 aliphatic heterocycles. The van der Waals surface area contributed by atoms with E-state index in [0.29, 0.717) is 5.15 Å². The van der Waals surface area contributed by atoms with Gasteiger partial charge in [-0.2, -0.15) is 5.10 Å². The number of pyridine rings is 1. The highest BCUT2D eigenvalue weighted by molar-refractivity contribution is 6.29. The van der Waals surface area contributed by atoms with Gasteiger partial charge in [0.2, 0.25) is 0 Å². The number of halogens is 1. The molecule has 20 heavy (non-hydrogen) atoms. The summed E-state index contributed by atoms with van der Waals surface area (Å²) in [6, 6.07) is 5.75. The van der Waals surface area contributed by atoms with Crippen LogP contribution in [0.2, 0.25) is 5.15 Å². The van der Waals surface area contributed by atoms with Gasteiger partial charge in [0.05, 0.1) is 31.0 Å². The van der Waals surface area contributed by atoms with E-state index >= 15 is 0 Å². The molecule has 2 aromatic heterocycles. The molecule has 1 aliphatic rings. The lowest BCUT2D eigenvalue weighted by Crippen LogP contribution is -2.33. The van der Waals surface area contributed by atoms with Gasteiger partial charge in [-0.05, 0) is 25.0 Å². The van der Waals surface area contributed by atoms with Crippen molar-refractivity contribution >= 4 is 17.6 Å². The standard InChI is InChI=1S/C14H14ClN3O2/c1-20-14(19)9-5-11(6-9)18-8-10(7-16-18)12-3-2-4-13(15)17-12/h2-4,7-9,11H,5-6H2,1H3. The van der Waals surface area contributed by atoms with Crippen molar-refractivity contribution in [3.05, 3.63) is 35.7 Å². The molecule has 0 radical (unpaired) electrons. The number of nitrogens with zero attached hydrogens (tertiary/aromatic N) is 3. The normalized spacial score (nSPS) is 21.3. The molecule has 5 nitrogen and oxygen atoms in total. The van der Waals surface area contributed by atoms with Crippen LogP contribution in [0.1, 0.15) is 18.9 Å². The molecule has 1 fully saturated rings. The average molecular weight is 292 g/mol. The lowest BCUT2D eigenvalue weighted by molar-refractivity contribution is -0.149. The summed E-state index contributed by atoms with van der Waals surface area (Å²) in [5, 5.41) is 4.81. The smallest absolute Gasteiger partial charge is 0.308 e. The number of methoxy groups -OCH3 is 1. The fourth-order valence-electron chi connectivity index (χ4n) is 2.40. The number of esters is 1. The van der Waals surface area contributed by atoms with E-state index in [1.54, 1.807) is 12.3 Å². The number of rotatable bonds is 3. The summed E-state index contributed by atoms with van der Waals surface area (Å²) in [4.78, 5) is 15.6. The fourth-order valence-corrected chi connectivity index (χ4v) is 2.57. The Morgan fingerprint density at radius 1 is 1.45 bits per heavy atom. The van der Waals surface area contributed by atoms with E-state index in [0.717, 1.165) is 24.1 Å². The van der Waals surface area contributed by atoms with Crippen molar-refractivity contribution in [1.29, 1.82) is 0 Å². The molecule has 0 amide bonds. The van der Waals surface area contributed by atoms with Crippen molar-refractivity contribution in [3.63, 3.8) is 0 Å².